The highest BCUT2D eigenvalue weighted by atomic mass is 16.8. The minimum absolute atomic E-state index is 0.128. The zero-order chi connectivity index (χ0) is 13.8. The third kappa shape index (κ3) is 2.77. The maximum absolute atomic E-state index is 11.8. The summed E-state index contributed by atoms with van der Waals surface area (Å²) >= 11 is 0. The molecule has 1 heterocycles. The van der Waals surface area contributed by atoms with Crippen LogP contribution in [0.15, 0.2) is 0 Å². The van der Waals surface area contributed by atoms with Crippen molar-refractivity contribution in [2.45, 2.75) is 51.1 Å². The maximum Gasteiger partial charge on any atom is 0.255 e. The molecule has 0 aromatic carbocycles. The number of carbonyl (C=O) groups is 2. The molecule has 2 N–H and O–H groups in total. The lowest BCUT2D eigenvalue weighted by Gasteiger charge is -2.26. The standard InChI is InChI=1S/C12H20O6/c1-3-5-9(14)11(16)8-17-12(7-13,18-11)10(15)6-4-2/h13,16H,3-8H2,1-2H3/t11-,12+/m0/s1. The molecule has 0 bridgehead atoms. The van der Waals surface area contributed by atoms with Crippen LogP contribution in [0.5, 0.6) is 0 Å². The summed E-state index contributed by atoms with van der Waals surface area (Å²) in [6.07, 6.45) is 1.40. The van der Waals surface area contributed by atoms with E-state index in [-0.39, 0.29) is 12.8 Å². The van der Waals surface area contributed by atoms with E-state index < -0.39 is 36.4 Å². The van der Waals surface area contributed by atoms with Gasteiger partial charge in [-0.1, -0.05) is 13.8 Å². The smallest absolute Gasteiger partial charge is 0.255 e. The van der Waals surface area contributed by atoms with Gasteiger partial charge in [-0.2, -0.15) is 0 Å². The summed E-state index contributed by atoms with van der Waals surface area (Å²) in [6.45, 7) is 2.44. The zero-order valence-corrected chi connectivity index (χ0v) is 10.8. The van der Waals surface area contributed by atoms with E-state index in [1.807, 2.05) is 0 Å². The van der Waals surface area contributed by atoms with E-state index >= 15 is 0 Å². The Balaban J connectivity index is 2.83. The molecule has 0 aliphatic carbocycles. The van der Waals surface area contributed by atoms with Gasteiger partial charge in [-0.15, -0.1) is 0 Å². The Labute approximate surface area is 106 Å². The van der Waals surface area contributed by atoms with Gasteiger partial charge in [0, 0.05) is 12.8 Å². The van der Waals surface area contributed by atoms with E-state index in [2.05, 4.69) is 0 Å². The Kier molecular flexibility index (Phi) is 4.98. The number of aliphatic hydroxyl groups is 2. The topological polar surface area (TPSA) is 93.1 Å². The molecule has 1 rings (SSSR count). The largest absolute Gasteiger partial charge is 0.390 e. The van der Waals surface area contributed by atoms with Crippen LogP contribution in [-0.2, 0) is 19.1 Å². The summed E-state index contributed by atoms with van der Waals surface area (Å²) in [5, 5.41) is 19.3. The van der Waals surface area contributed by atoms with Crippen molar-refractivity contribution in [3.8, 4) is 0 Å². The molecule has 6 nitrogen and oxygen atoms in total. The van der Waals surface area contributed by atoms with E-state index in [9.17, 15) is 19.8 Å². The van der Waals surface area contributed by atoms with Crippen molar-refractivity contribution in [2.75, 3.05) is 13.2 Å². The van der Waals surface area contributed by atoms with Crippen molar-refractivity contribution in [2.24, 2.45) is 0 Å². The monoisotopic (exact) mass is 260 g/mol. The van der Waals surface area contributed by atoms with E-state index in [0.29, 0.717) is 12.8 Å². The second-order valence-corrected chi connectivity index (χ2v) is 4.43. The number of aliphatic hydroxyl groups excluding tert-OH is 1. The van der Waals surface area contributed by atoms with Crippen LogP contribution in [0.2, 0.25) is 0 Å². The molecule has 104 valence electrons. The molecule has 18 heavy (non-hydrogen) atoms. The number of hydrogen-bond donors (Lipinski definition) is 2. The Morgan fingerprint density at radius 1 is 1.17 bits per heavy atom. The molecule has 0 aromatic rings. The molecule has 0 unspecified atom stereocenters. The molecule has 1 aliphatic heterocycles. The molecule has 1 fully saturated rings. The number of Topliss-reactive ketones (excluding diaryl/α,β-unsaturated/α-hetero) is 2. The van der Waals surface area contributed by atoms with Crippen LogP contribution in [0.4, 0.5) is 0 Å². The first kappa shape index (κ1) is 15.2. The molecular weight excluding hydrogens is 240 g/mol. The third-order valence-corrected chi connectivity index (χ3v) is 2.86. The lowest BCUT2D eigenvalue weighted by atomic mass is 10.1. The first-order valence-corrected chi connectivity index (χ1v) is 6.18. The average molecular weight is 260 g/mol. The number of carbonyl (C=O) groups excluding carboxylic acids is 2. The van der Waals surface area contributed by atoms with Crippen molar-refractivity contribution in [3.63, 3.8) is 0 Å². The van der Waals surface area contributed by atoms with Crippen LogP contribution < -0.4 is 0 Å². The van der Waals surface area contributed by atoms with Gasteiger partial charge in [0.15, 0.2) is 11.6 Å². The van der Waals surface area contributed by atoms with E-state index in [0.717, 1.165) is 0 Å². The van der Waals surface area contributed by atoms with Gasteiger partial charge in [0.2, 0.25) is 0 Å². The fraction of sp³-hybridized carbons (Fsp3) is 0.833. The lowest BCUT2D eigenvalue weighted by molar-refractivity contribution is -0.242. The summed E-state index contributed by atoms with van der Waals surface area (Å²) in [5.41, 5.74) is 0. The van der Waals surface area contributed by atoms with Gasteiger partial charge in [-0.05, 0) is 12.8 Å². The van der Waals surface area contributed by atoms with Crippen LogP contribution >= 0.6 is 0 Å². The van der Waals surface area contributed by atoms with Gasteiger partial charge in [0.25, 0.3) is 11.6 Å². The predicted molar refractivity (Wildman–Crippen MR) is 61.6 cm³/mol. The third-order valence-electron chi connectivity index (χ3n) is 2.86. The first-order valence-electron chi connectivity index (χ1n) is 6.18. The number of ether oxygens (including phenoxy) is 2. The van der Waals surface area contributed by atoms with E-state index in [4.69, 9.17) is 9.47 Å². The number of rotatable bonds is 7. The van der Waals surface area contributed by atoms with Gasteiger partial charge in [0.1, 0.15) is 13.2 Å². The lowest BCUT2D eigenvalue weighted by Crippen LogP contribution is -2.48. The fourth-order valence-corrected chi connectivity index (χ4v) is 1.83. The number of ketones is 2. The van der Waals surface area contributed by atoms with Crippen LogP contribution in [0, 0.1) is 0 Å². The molecular formula is C12H20O6. The molecule has 0 radical (unpaired) electrons. The Morgan fingerprint density at radius 2 is 1.72 bits per heavy atom. The van der Waals surface area contributed by atoms with Gasteiger partial charge in [-0.3, -0.25) is 14.3 Å². The van der Waals surface area contributed by atoms with Crippen LogP contribution in [-0.4, -0.2) is 46.6 Å². The summed E-state index contributed by atoms with van der Waals surface area (Å²) in [4.78, 5) is 23.5. The van der Waals surface area contributed by atoms with Crippen molar-refractivity contribution >= 4 is 11.6 Å². The van der Waals surface area contributed by atoms with Crippen LogP contribution in [0.1, 0.15) is 39.5 Å². The molecule has 0 spiro atoms. The van der Waals surface area contributed by atoms with Crippen LogP contribution in [0.25, 0.3) is 0 Å². The highest BCUT2D eigenvalue weighted by Gasteiger charge is 2.56. The van der Waals surface area contributed by atoms with Crippen LogP contribution in [0.3, 0.4) is 0 Å². The first-order chi connectivity index (χ1) is 8.44. The molecule has 6 heteroatoms. The summed E-state index contributed by atoms with van der Waals surface area (Å²) in [5.74, 6) is -5.02. The number of hydrogen-bond acceptors (Lipinski definition) is 6. The predicted octanol–water partition coefficient (Wildman–Crippen LogP) is 0.149. The maximum atomic E-state index is 11.8. The highest BCUT2D eigenvalue weighted by molar-refractivity contribution is 5.90. The van der Waals surface area contributed by atoms with Gasteiger partial charge >= 0.3 is 0 Å². The Morgan fingerprint density at radius 3 is 2.22 bits per heavy atom. The summed E-state index contributed by atoms with van der Waals surface area (Å²) in [6, 6.07) is 0. The Hall–Kier alpha value is -0.820. The van der Waals surface area contributed by atoms with Crippen molar-refractivity contribution in [1.82, 2.24) is 0 Å². The summed E-state index contributed by atoms with van der Waals surface area (Å²) in [7, 11) is 0. The minimum Gasteiger partial charge on any atom is -0.390 e. The molecule has 0 amide bonds. The van der Waals surface area contributed by atoms with Gasteiger partial charge in [-0.25, -0.2) is 0 Å². The van der Waals surface area contributed by atoms with Gasteiger partial charge < -0.3 is 14.9 Å². The van der Waals surface area contributed by atoms with Crippen molar-refractivity contribution < 1.29 is 29.3 Å². The average Bonchev–Trinajstić information content (AvgIpc) is 2.70. The molecule has 1 saturated heterocycles. The molecule has 0 saturated carbocycles. The normalized spacial score (nSPS) is 31.6. The summed E-state index contributed by atoms with van der Waals surface area (Å²) < 4.78 is 10.2. The second kappa shape index (κ2) is 5.88. The van der Waals surface area contributed by atoms with Gasteiger partial charge in [0.05, 0.1) is 0 Å². The molecule has 2 atom stereocenters. The fourth-order valence-electron chi connectivity index (χ4n) is 1.83. The molecule has 0 aromatic heterocycles. The highest BCUT2D eigenvalue weighted by Crippen LogP contribution is 2.33. The van der Waals surface area contributed by atoms with Crippen molar-refractivity contribution in [1.29, 1.82) is 0 Å². The second-order valence-electron chi connectivity index (χ2n) is 4.43. The van der Waals surface area contributed by atoms with E-state index in [1.165, 1.54) is 0 Å². The Bertz CT molecular complexity index is 329. The quantitative estimate of drug-likeness (QED) is 0.676. The van der Waals surface area contributed by atoms with Crippen molar-refractivity contribution in [3.05, 3.63) is 0 Å². The SMILES string of the molecule is CCCC(=O)[C@]1(CO)OC[C@@](O)(C(=O)CCC)O1. The zero-order valence-electron chi connectivity index (χ0n) is 10.8. The molecule has 1 aliphatic rings. The minimum atomic E-state index is -2.12. The van der Waals surface area contributed by atoms with E-state index in [1.54, 1.807) is 13.8 Å².